The molecule has 0 aliphatic heterocycles. The maximum Gasteiger partial charge on any atom is 0.226 e. The maximum absolute atomic E-state index is 9.90. The number of nitriles is 2. The highest BCUT2D eigenvalue weighted by Crippen LogP contribution is 2.36. The van der Waals surface area contributed by atoms with Crippen LogP contribution in [0.4, 0.5) is 5.82 Å². The van der Waals surface area contributed by atoms with Gasteiger partial charge in [-0.05, 0) is 36.8 Å². The van der Waals surface area contributed by atoms with Gasteiger partial charge in [-0.15, -0.1) is 0 Å². The third kappa shape index (κ3) is 4.31. The molecule has 2 aromatic carbocycles. The molecule has 0 bridgehead atoms. The van der Waals surface area contributed by atoms with Crippen molar-refractivity contribution >= 4 is 29.2 Å². The second-order valence-corrected chi connectivity index (χ2v) is 8.36. The Hall–Kier alpha value is -3.78. The first-order valence-corrected chi connectivity index (χ1v) is 10.9. The molecule has 0 aliphatic carbocycles. The molecule has 0 saturated carbocycles. The number of pyridine rings is 1. The van der Waals surface area contributed by atoms with Crippen molar-refractivity contribution < 1.29 is 4.42 Å². The molecule has 32 heavy (non-hydrogen) atoms. The number of thioether (sulfide) groups is 1. The maximum atomic E-state index is 9.90. The lowest BCUT2D eigenvalue weighted by molar-refractivity contribution is 0.573. The lowest BCUT2D eigenvalue weighted by Crippen LogP contribution is -2.03. The molecule has 0 fully saturated rings. The Morgan fingerprint density at radius 2 is 1.62 bits per heavy atom. The van der Waals surface area contributed by atoms with Crippen molar-refractivity contribution in [3.05, 3.63) is 82.2 Å². The normalized spacial score (nSPS) is 10.5. The molecule has 2 aromatic heterocycles. The van der Waals surface area contributed by atoms with E-state index in [1.807, 2.05) is 43.3 Å². The van der Waals surface area contributed by atoms with Crippen LogP contribution in [0.5, 0.6) is 0 Å². The van der Waals surface area contributed by atoms with Gasteiger partial charge in [0.1, 0.15) is 34.8 Å². The van der Waals surface area contributed by atoms with Crippen LogP contribution in [0, 0.1) is 29.6 Å². The number of halogens is 1. The van der Waals surface area contributed by atoms with Gasteiger partial charge in [-0.3, -0.25) is 0 Å². The number of benzene rings is 2. The number of aromatic nitrogens is 2. The van der Waals surface area contributed by atoms with E-state index in [9.17, 15) is 10.5 Å². The number of nitrogen functional groups attached to an aromatic ring is 1. The first kappa shape index (κ1) is 21.5. The molecule has 0 saturated heterocycles. The summed E-state index contributed by atoms with van der Waals surface area (Å²) in [5.41, 5.74) is 10.4. The molecule has 0 radical (unpaired) electrons. The van der Waals surface area contributed by atoms with E-state index >= 15 is 0 Å². The molecular weight excluding hydrogens is 442 g/mol. The fourth-order valence-electron chi connectivity index (χ4n) is 3.15. The van der Waals surface area contributed by atoms with E-state index in [-0.39, 0.29) is 11.4 Å². The van der Waals surface area contributed by atoms with E-state index in [0.29, 0.717) is 38.5 Å². The lowest BCUT2D eigenvalue weighted by Gasteiger charge is -2.12. The summed E-state index contributed by atoms with van der Waals surface area (Å²) in [6.07, 6.45) is 1.57. The Labute approximate surface area is 194 Å². The molecule has 0 aliphatic rings. The first-order chi connectivity index (χ1) is 15.5. The van der Waals surface area contributed by atoms with E-state index in [1.165, 1.54) is 11.8 Å². The van der Waals surface area contributed by atoms with Gasteiger partial charge in [0.25, 0.3) is 0 Å². The minimum atomic E-state index is 0.0894. The molecule has 2 heterocycles. The van der Waals surface area contributed by atoms with E-state index in [2.05, 4.69) is 22.1 Å². The molecule has 2 N–H and O–H groups in total. The second kappa shape index (κ2) is 9.15. The molecule has 4 rings (SSSR count). The highest BCUT2D eigenvalue weighted by molar-refractivity contribution is 7.98. The Morgan fingerprint density at radius 3 is 2.28 bits per heavy atom. The number of nitrogens with zero attached hydrogens (tertiary/aromatic N) is 4. The van der Waals surface area contributed by atoms with Crippen LogP contribution in [0.2, 0.25) is 5.02 Å². The van der Waals surface area contributed by atoms with Crippen LogP contribution in [0.25, 0.3) is 22.6 Å². The molecule has 4 aromatic rings. The van der Waals surface area contributed by atoms with Crippen molar-refractivity contribution in [2.45, 2.75) is 17.7 Å². The van der Waals surface area contributed by atoms with Crippen molar-refractivity contribution in [3.8, 4) is 34.7 Å². The van der Waals surface area contributed by atoms with E-state index in [1.54, 1.807) is 18.4 Å². The van der Waals surface area contributed by atoms with Gasteiger partial charge in [-0.2, -0.15) is 10.5 Å². The Kier molecular flexibility index (Phi) is 6.13. The second-order valence-electron chi connectivity index (χ2n) is 6.96. The van der Waals surface area contributed by atoms with Crippen molar-refractivity contribution in [2.24, 2.45) is 0 Å². The average molecular weight is 458 g/mol. The monoisotopic (exact) mass is 457 g/mol. The zero-order valence-corrected chi connectivity index (χ0v) is 18.5. The van der Waals surface area contributed by atoms with Crippen molar-refractivity contribution in [1.82, 2.24) is 9.97 Å². The Morgan fingerprint density at radius 1 is 0.969 bits per heavy atom. The summed E-state index contributed by atoms with van der Waals surface area (Å²) < 4.78 is 5.58. The van der Waals surface area contributed by atoms with Crippen LogP contribution >= 0.6 is 23.4 Å². The smallest absolute Gasteiger partial charge is 0.226 e. The molecule has 8 heteroatoms. The van der Waals surface area contributed by atoms with Crippen LogP contribution in [0.15, 0.2) is 64.2 Å². The molecule has 0 spiro atoms. The van der Waals surface area contributed by atoms with Crippen molar-refractivity contribution in [1.29, 1.82) is 10.5 Å². The fraction of sp³-hybridized carbons (Fsp3) is 0.0833. The molecule has 0 amide bonds. The first-order valence-electron chi connectivity index (χ1n) is 9.54. The molecule has 6 nitrogen and oxygen atoms in total. The van der Waals surface area contributed by atoms with Crippen LogP contribution in [0.3, 0.4) is 0 Å². The standard InChI is InChI=1S/C24H16ClN5OS/c1-14-2-4-15(5-3-14)21-19(10-26)22(28)30-24(20(21)11-27)32-13-18-12-31-23(29-18)16-6-8-17(25)9-7-16/h2-9,12H,13H2,1H3,(H2,28,30). The Balaban J connectivity index is 1.66. The molecular formula is C24H16ClN5OS. The SMILES string of the molecule is Cc1ccc(-c2c(C#N)c(N)nc(SCc3coc(-c4ccc(Cl)cc4)n3)c2C#N)cc1. The molecule has 0 unspecified atom stereocenters. The number of hydrogen-bond donors (Lipinski definition) is 1. The van der Waals surface area contributed by atoms with E-state index < -0.39 is 0 Å². The van der Waals surface area contributed by atoms with Crippen LogP contribution < -0.4 is 5.73 Å². The van der Waals surface area contributed by atoms with Crippen LogP contribution in [0.1, 0.15) is 22.4 Å². The Bertz CT molecular complexity index is 1370. The number of anilines is 1. The largest absolute Gasteiger partial charge is 0.444 e. The highest BCUT2D eigenvalue weighted by Gasteiger charge is 2.21. The van der Waals surface area contributed by atoms with Gasteiger partial charge in [0.05, 0.1) is 11.3 Å². The summed E-state index contributed by atoms with van der Waals surface area (Å²) in [6.45, 7) is 1.97. The van der Waals surface area contributed by atoms with Crippen molar-refractivity contribution in [2.75, 3.05) is 5.73 Å². The fourth-order valence-corrected chi connectivity index (χ4v) is 4.15. The third-order valence-corrected chi connectivity index (χ3v) is 6.02. The summed E-state index contributed by atoms with van der Waals surface area (Å²) in [4.78, 5) is 8.83. The van der Waals surface area contributed by atoms with Gasteiger partial charge >= 0.3 is 0 Å². The van der Waals surface area contributed by atoms with Crippen LogP contribution in [-0.2, 0) is 5.75 Å². The topological polar surface area (TPSA) is 113 Å². The average Bonchev–Trinajstić information content (AvgIpc) is 3.27. The predicted molar refractivity (Wildman–Crippen MR) is 125 cm³/mol. The van der Waals surface area contributed by atoms with E-state index in [0.717, 1.165) is 16.7 Å². The van der Waals surface area contributed by atoms with Gasteiger partial charge in [-0.25, -0.2) is 9.97 Å². The van der Waals surface area contributed by atoms with Gasteiger partial charge in [0, 0.05) is 21.9 Å². The summed E-state index contributed by atoms with van der Waals surface area (Å²) in [6, 6.07) is 19.1. The van der Waals surface area contributed by atoms with Crippen LogP contribution in [-0.4, -0.2) is 9.97 Å². The summed E-state index contributed by atoms with van der Waals surface area (Å²) in [5, 5.41) is 20.6. The van der Waals surface area contributed by atoms with Gasteiger partial charge in [0.2, 0.25) is 5.89 Å². The number of rotatable bonds is 5. The summed E-state index contributed by atoms with van der Waals surface area (Å²) in [7, 11) is 0. The zero-order valence-electron chi connectivity index (χ0n) is 17.0. The number of aryl methyl sites for hydroxylation is 1. The predicted octanol–water partition coefficient (Wildman–Crippen LogP) is 5.98. The minimum absolute atomic E-state index is 0.0894. The summed E-state index contributed by atoms with van der Waals surface area (Å²) >= 11 is 7.25. The zero-order chi connectivity index (χ0) is 22.7. The number of nitrogens with two attached hydrogens (primary N) is 1. The van der Waals surface area contributed by atoms with Gasteiger partial charge in [-0.1, -0.05) is 53.2 Å². The van der Waals surface area contributed by atoms with Gasteiger partial charge in [0.15, 0.2) is 0 Å². The minimum Gasteiger partial charge on any atom is -0.444 e. The highest BCUT2D eigenvalue weighted by atomic mass is 35.5. The third-order valence-electron chi connectivity index (χ3n) is 4.76. The molecule has 0 atom stereocenters. The van der Waals surface area contributed by atoms with E-state index in [4.69, 9.17) is 21.8 Å². The quantitative estimate of drug-likeness (QED) is 0.366. The van der Waals surface area contributed by atoms with Gasteiger partial charge < -0.3 is 10.2 Å². The van der Waals surface area contributed by atoms with Crippen molar-refractivity contribution in [3.63, 3.8) is 0 Å². The lowest BCUT2D eigenvalue weighted by atomic mass is 9.96. The summed E-state index contributed by atoms with van der Waals surface area (Å²) in [5.74, 6) is 0.981. The molecule has 156 valence electrons. The number of oxazole rings is 1. The number of hydrogen-bond acceptors (Lipinski definition) is 7.